The van der Waals surface area contributed by atoms with Gasteiger partial charge in [-0.2, -0.15) is 0 Å². The molecule has 0 aliphatic carbocycles. The second kappa shape index (κ2) is 8.07. The Morgan fingerprint density at radius 1 is 1.19 bits per heavy atom. The molecule has 0 fully saturated rings. The molecule has 0 saturated carbocycles. The first-order chi connectivity index (χ1) is 7.62. The Labute approximate surface area is 104 Å². The van der Waals surface area contributed by atoms with Crippen LogP contribution in [0.3, 0.4) is 0 Å². The van der Waals surface area contributed by atoms with Gasteiger partial charge in [-0.1, -0.05) is 59.6 Å². The van der Waals surface area contributed by atoms with E-state index in [4.69, 9.17) is 0 Å². The van der Waals surface area contributed by atoms with Crippen LogP contribution >= 0.6 is 0 Å². The molecule has 0 aliphatic rings. The minimum Gasteiger partial charge on any atom is -0.321 e. The fraction of sp³-hybridized carbons (Fsp3) is 0.857. The first kappa shape index (κ1) is 15.9. The largest absolute Gasteiger partial charge is 0.321 e. The van der Waals surface area contributed by atoms with Crippen molar-refractivity contribution < 1.29 is 0 Å². The Bertz CT molecular complexity index is 189. The summed E-state index contributed by atoms with van der Waals surface area (Å²) in [6.07, 6.45) is 3.96. The topological polar surface area (TPSA) is 3.24 Å². The number of rotatable bonds is 9. The van der Waals surface area contributed by atoms with E-state index in [1.54, 1.807) is 0 Å². The van der Waals surface area contributed by atoms with E-state index in [2.05, 4.69) is 51.5 Å². The summed E-state index contributed by atoms with van der Waals surface area (Å²) in [5, 5.41) is 0. The molecule has 0 amide bonds. The van der Waals surface area contributed by atoms with E-state index in [0.717, 1.165) is 5.54 Å². The molecule has 0 saturated heterocycles. The lowest BCUT2D eigenvalue weighted by atomic mass is 10.4. The number of hydrogen-bond donors (Lipinski definition) is 0. The highest BCUT2D eigenvalue weighted by molar-refractivity contribution is 6.83. The first-order valence-electron chi connectivity index (χ1n) is 7.01. The lowest BCUT2D eigenvalue weighted by Crippen LogP contribution is -2.54. The van der Waals surface area contributed by atoms with Crippen LogP contribution in [0, 0.1) is 0 Å². The maximum Gasteiger partial charge on any atom is 0.155 e. The molecule has 0 aromatic heterocycles. The normalized spacial score (nSPS) is 17.1. The molecule has 16 heavy (non-hydrogen) atoms. The average molecular weight is 241 g/mol. The molecule has 2 atom stereocenters. The van der Waals surface area contributed by atoms with Gasteiger partial charge in [0.2, 0.25) is 0 Å². The van der Waals surface area contributed by atoms with Crippen molar-refractivity contribution in [2.24, 2.45) is 0 Å². The van der Waals surface area contributed by atoms with Gasteiger partial charge in [-0.25, -0.2) is 0 Å². The van der Waals surface area contributed by atoms with Crippen LogP contribution < -0.4 is 0 Å². The van der Waals surface area contributed by atoms with E-state index in [1.807, 2.05) is 0 Å². The number of hydrogen-bond acceptors (Lipinski definition) is 1. The number of unbranched alkanes of at least 4 members (excludes halogenated alkanes) is 1. The molecule has 0 N–H and O–H groups in total. The summed E-state index contributed by atoms with van der Waals surface area (Å²) in [5.74, 6) is 0. The van der Waals surface area contributed by atoms with Crippen LogP contribution in [0.25, 0.3) is 0 Å². The molecule has 0 spiro atoms. The average Bonchev–Trinajstić information content (AvgIpc) is 2.33. The fourth-order valence-electron chi connectivity index (χ4n) is 2.77. The monoisotopic (exact) mass is 241 g/mol. The van der Waals surface area contributed by atoms with Gasteiger partial charge in [0.25, 0.3) is 0 Å². The van der Waals surface area contributed by atoms with Crippen molar-refractivity contribution in [2.75, 3.05) is 13.1 Å². The first-order valence-corrected chi connectivity index (χ1v) is 9.32. The van der Waals surface area contributed by atoms with Crippen molar-refractivity contribution in [3.63, 3.8) is 0 Å². The van der Waals surface area contributed by atoms with Gasteiger partial charge < -0.3 is 4.57 Å². The quantitative estimate of drug-likeness (QED) is 0.533. The van der Waals surface area contributed by atoms with Crippen molar-refractivity contribution in [3.8, 4) is 0 Å². The Morgan fingerprint density at radius 3 is 2.06 bits per heavy atom. The van der Waals surface area contributed by atoms with Gasteiger partial charge in [-0.15, -0.1) is 6.58 Å². The molecule has 0 aromatic rings. The fourth-order valence-corrected chi connectivity index (χ4v) is 7.88. The SMILES string of the molecule is C=C[Si](CCCC)(C(C)CC)N(CC)CC. The Balaban J connectivity index is 4.99. The van der Waals surface area contributed by atoms with Gasteiger partial charge in [-0.05, 0) is 24.7 Å². The smallest absolute Gasteiger partial charge is 0.155 e. The summed E-state index contributed by atoms with van der Waals surface area (Å²) in [6, 6.07) is 1.39. The highest BCUT2D eigenvalue weighted by Gasteiger charge is 2.39. The minimum atomic E-state index is -1.43. The second-order valence-corrected chi connectivity index (χ2v) is 9.29. The summed E-state index contributed by atoms with van der Waals surface area (Å²) in [5.41, 5.74) is 3.18. The van der Waals surface area contributed by atoms with Gasteiger partial charge in [0.05, 0.1) is 0 Å². The van der Waals surface area contributed by atoms with E-state index in [1.165, 1.54) is 38.4 Å². The Hall–Kier alpha value is -0.0831. The van der Waals surface area contributed by atoms with E-state index < -0.39 is 8.24 Å². The van der Waals surface area contributed by atoms with Crippen LogP contribution in [0.2, 0.25) is 11.6 Å². The van der Waals surface area contributed by atoms with Gasteiger partial charge in [0, 0.05) is 0 Å². The zero-order chi connectivity index (χ0) is 12.6. The van der Waals surface area contributed by atoms with E-state index in [-0.39, 0.29) is 0 Å². The molecule has 0 rings (SSSR count). The van der Waals surface area contributed by atoms with Crippen molar-refractivity contribution in [1.29, 1.82) is 0 Å². The summed E-state index contributed by atoms with van der Waals surface area (Å²) in [6.45, 7) is 18.2. The van der Waals surface area contributed by atoms with E-state index in [0.29, 0.717) is 0 Å². The van der Waals surface area contributed by atoms with Crippen LogP contribution in [0.4, 0.5) is 0 Å². The molecule has 0 bridgehead atoms. The van der Waals surface area contributed by atoms with Crippen LogP contribution in [0.1, 0.15) is 53.9 Å². The molecular formula is C14H31NSi. The van der Waals surface area contributed by atoms with Crippen molar-refractivity contribution in [1.82, 2.24) is 4.57 Å². The third-order valence-electron chi connectivity index (χ3n) is 4.10. The van der Waals surface area contributed by atoms with Gasteiger partial charge in [-0.3, -0.25) is 0 Å². The minimum absolute atomic E-state index is 0.830. The highest BCUT2D eigenvalue weighted by atomic mass is 28.3. The molecule has 2 heteroatoms. The van der Waals surface area contributed by atoms with Crippen LogP contribution in [-0.2, 0) is 0 Å². The standard InChI is InChI=1S/C14H31NSi/c1-7-12-13-16(11-5,14(6)8-2)15(9-3)10-4/h11,14H,5,7-10,12-13H2,1-4,6H3. The molecule has 0 heterocycles. The van der Waals surface area contributed by atoms with Gasteiger partial charge in [0.1, 0.15) is 0 Å². The molecule has 2 unspecified atom stereocenters. The molecule has 0 radical (unpaired) electrons. The third kappa shape index (κ3) is 3.46. The zero-order valence-corrected chi connectivity index (χ0v) is 13.1. The van der Waals surface area contributed by atoms with E-state index >= 15 is 0 Å². The van der Waals surface area contributed by atoms with Crippen LogP contribution in [0.15, 0.2) is 12.3 Å². The summed E-state index contributed by atoms with van der Waals surface area (Å²) >= 11 is 0. The summed E-state index contributed by atoms with van der Waals surface area (Å²) in [7, 11) is -1.43. The summed E-state index contributed by atoms with van der Waals surface area (Å²) < 4.78 is 2.73. The lowest BCUT2D eigenvalue weighted by Gasteiger charge is -2.43. The molecule has 96 valence electrons. The Morgan fingerprint density at radius 2 is 1.75 bits per heavy atom. The van der Waals surface area contributed by atoms with Crippen LogP contribution in [0.5, 0.6) is 0 Å². The predicted molar refractivity (Wildman–Crippen MR) is 78.3 cm³/mol. The van der Waals surface area contributed by atoms with Crippen molar-refractivity contribution >= 4 is 8.24 Å². The van der Waals surface area contributed by atoms with E-state index in [9.17, 15) is 0 Å². The lowest BCUT2D eigenvalue weighted by molar-refractivity contribution is 0.448. The van der Waals surface area contributed by atoms with Gasteiger partial charge in [0.15, 0.2) is 8.24 Å². The molecule has 1 nitrogen and oxygen atoms in total. The maximum atomic E-state index is 4.19. The molecule has 0 aliphatic heterocycles. The van der Waals surface area contributed by atoms with Gasteiger partial charge >= 0.3 is 0 Å². The molecule has 0 aromatic carbocycles. The maximum absolute atomic E-state index is 4.19. The third-order valence-corrected chi connectivity index (χ3v) is 9.89. The van der Waals surface area contributed by atoms with Crippen LogP contribution in [-0.4, -0.2) is 25.9 Å². The predicted octanol–water partition coefficient (Wildman–Crippen LogP) is 4.60. The summed E-state index contributed by atoms with van der Waals surface area (Å²) in [4.78, 5) is 0. The Kier molecular flexibility index (Phi) is 8.03. The van der Waals surface area contributed by atoms with Crippen molar-refractivity contribution in [3.05, 3.63) is 12.3 Å². The molecular weight excluding hydrogens is 210 g/mol. The zero-order valence-electron chi connectivity index (χ0n) is 12.1. The van der Waals surface area contributed by atoms with Crippen molar-refractivity contribution in [2.45, 2.75) is 65.5 Å². The highest BCUT2D eigenvalue weighted by Crippen LogP contribution is 2.34. The second-order valence-electron chi connectivity index (χ2n) is 4.78. The number of nitrogens with zero attached hydrogens (tertiary/aromatic N) is 1.